The van der Waals surface area contributed by atoms with Gasteiger partial charge in [0.2, 0.25) is 0 Å². The molecule has 5 nitrogen and oxygen atoms in total. The first-order valence-corrected chi connectivity index (χ1v) is 13.1. The minimum Gasteiger partial charge on any atom is -0.489 e. The maximum Gasteiger partial charge on any atom is 0.266 e. The Morgan fingerprint density at radius 1 is 0.795 bits per heavy atom. The number of nitriles is 1. The van der Waals surface area contributed by atoms with Gasteiger partial charge in [-0.1, -0.05) is 70.7 Å². The van der Waals surface area contributed by atoms with Gasteiger partial charge in [-0.05, 0) is 66.7 Å². The molecule has 39 heavy (non-hydrogen) atoms. The van der Waals surface area contributed by atoms with E-state index in [0.717, 1.165) is 11.1 Å². The maximum atomic E-state index is 12.9. The highest BCUT2D eigenvalue weighted by atomic mass is 35.5. The molecule has 0 fully saturated rings. The number of amides is 1. The molecule has 0 aliphatic carbocycles. The number of hydrogen-bond donors (Lipinski definition) is 1. The van der Waals surface area contributed by atoms with Crippen molar-refractivity contribution < 1.29 is 14.3 Å². The van der Waals surface area contributed by atoms with Crippen LogP contribution in [0.1, 0.15) is 16.7 Å². The molecule has 4 rings (SSSR count). The minimum atomic E-state index is -0.589. The van der Waals surface area contributed by atoms with Crippen LogP contribution in [-0.4, -0.2) is 5.91 Å². The summed E-state index contributed by atoms with van der Waals surface area (Å²) in [6.45, 7) is 0.457. The van der Waals surface area contributed by atoms with E-state index in [2.05, 4.69) is 5.32 Å². The van der Waals surface area contributed by atoms with Crippen LogP contribution < -0.4 is 14.8 Å². The Balaban J connectivity index is 1.44. The molecule has 0 saturated heterocycles. The standard InChI is InChI=1S/C30H20Cl4N2O3/c31-23-7-12-29(39-18-20-5-6-24(32)15-28(20)34)21(14-23)13-22(16-35)30(37)36-25-8-10-26(11-9-25)38-17-19-3-1-2-4-27(19)33/h1-15H,17-18H2,(H,36,37)/b22-13+. The quantitative estimate of drug-likeness (QED) is 0.154. The van der Waals surface area contributed by atoms with Gasteiger partial charge in [0.1, 0.15) is 36.4 Å². The van der Waals surface area contributed by atoms with Crippen LogP contribution in [-0.2, 0) is 18.0 Å². The molecule has 1 amide bonds. The molecule has 196 valence electrons. The molecule has 1 N–H and O–H groups in total. The van der Waals surface area contributed by atoms with Gasteiger partial charge in [0.25, 0.3) is 5.91 Å². The zero-order valence-electron chi connectivity index (χ0n) is 20.3. The predicted molar refractivity (Wildman–Crippen MR) is 157 cm³/mol. The number of hydrogen-bond acceptors (Lipinski definition) is 4. The second-order valence-electron chi connectivity index (χ2n) is 8.23. The summed E-state index contributed by atoms with van der Waals surface area (Å²) in [5.74, 6) is 0.436. The molecule has 4 aromatic rings. The van der Waals surface area contributed by atoms with Crippen molar-refractivity contribution in [2.45, 2.75) is 13.2 Å². The molecule has 0 unspecified atom stereocenters. The van der Waals surface area contributed by atoms with Crippen molar-refractivity contribution in [1.29, 1.82) is 5.26 Å². The lowest BCUT2D eigenvalue weighted by atomic mass is 10.1. The van der Waals surface area contributed by atoms with Gasteiger partial charge in [-0.3, -0.25) is 4.79 Å². The van der Waals surface area contributed by atoms with Crippen LogP contribution in [0.4, 0.5) is 5.69 Å². The molecule has 0 bridgehead atoms. The smallest absolute Gasteiger partial charge is 0.266 e. The fourth-order valence-electron chi connectivity index (χ4n) is 3.47. The average molecular weight is 598 g/mol. The molecular weight excluding hydrogens is 578 g/mol. The third-order valence-corrected chi connectivity index (χ3v) is 6.69. The summed E-state index contributed by atoms with van der Waals surface area (Å²) >= 11 is 24.5. The molecular formula is C30H20Cl4N2O3. The molecule has 0 radical (unpaired) electrons. The first kappa shape index (κ1) is 28.4. The highest BCUT2D eigenvalue weighted by Crippen LogP contribution is 2.28. The lowest BCUT2D eigenvalue weighted by Gasteiger charge is -2.12. The zero-order chi connectivity index (χ0) is 27.8. The molecule has 0 aliphatic rings. The fraction of sp³-hybridized carbons (Fsp3) is 0.0667. The lowest BCUT2D eigenvalue weighted by Crippen LogP contribution is -2.13. The Bertz CT molecular complexity index is 1560. The van der Waals surface area contributed by atoms with Crippen LogP contribution >= 0.6 is 46.4 Å². The van der Waals surface area contributed by atoms with Crippen LogP contribution in [0.25, 0.3) is 6.08 Å². The number of rotatable bonds is 9. The topological polar surface area (TPSA) is 71.3 Å². The Kier molecular flexibility index (Phi) is 9.75. The van der Waals surface area contributed by atoms with Gasteiger partial charge in [-0.2, -0.15) is 5.26 Å². The largest absolute Gasteiger partial charge is 0.489 e. The maximum absolute atomic E-state index is 12.9. The van der Waals surface area contributed by atoms with E-state index in [1.807, 2.05) is 24.3 Å². The van der Waals surface area contributed by atoms with Gasteiger partial charge >= 0.3 is 0 Å². The van der Waals surface area contributed by atoms with Crippen molar-refractivity contribution in [3.05, 3.63) is 127 Å². The van der Waals surface area contributed by atoms with Crippen molar-refractivity contribution in [2.24, 2.45) is 0 Å². The third-order valence-electron chi connectivity index (χ3n) is 5.50. The summed E-state index contributed by atoms with van der Waals surface area (Å²) in [6.07, 6.45) is 1.42. The van der Waals surface area contributed by atoms with Gasteiger partial charge in [-0.25, -0.2) is 0 Å². The van der Waals surface area contributed by atoms with Crippen molar-refractivity contribution in [3.8, 4) is 17.6 Å². The highest BCUT2D eigenvalue weighted by molar-refractivity contribution is 6.35. The van der Waals surface area contributed by atoms with Crippen molar-refractivity contribution in [1.82, 2.24) is 0 Å². The Morgan fingerprint density at radius 2 is 1.46 bits per heavy atom. The van der Waals surface area contributed by atoms with Crippen molar-refractivity contribution in [3.63, 3.8) is 0 Å². The summed E-state index contributed by atoms with van der Waals surface area (Å²) in [5.41, 5.74) is 2.41. The van der Waals surface area contributed by atoms with Crippen LogP contribution in [0.2, 0.25) is 20.1 Å². The van der Waals surface area contributed by atoms with Crippen molar-refractivity contribution >= 4 is 64.1 Å². The predicted octanol–water partition coefficient (Wildman–Crippen LogP) is 9.00. The SMILES string of the molecule is N#C/C(=C\c1cc(Cl)ccc1OCc1ccc(Cl)cc1Cl)C(=O)Nc1ccc(OCc2ccccc2Cl)cc1. The van der Waals surface area contributed by atoms with E-state index in [0.29, 0.717) is 49.4 Å². The van der Waals surface area contributed by atoms with E-state index in [1.54, 1.807) is 66.7 Å². The number of halogens is 4. The van der Waals surface area contributed by atoms with Crippen LogP contribution in [0.3, 0.4) is 0 Å². The molecule has 0 aliphatic heterocycles. The first-order valence-electron chi connectivity index (χ1n) is 11.6. The van der Waals surface area contributed by atoms with Crippen LogP contribution in [0, 0.1) is 11.3 Å². The third kappa shape index (κ3) is 7.92. The average Bonchev–Trinajstić information content (AvgIpc) is 2.92. The Labute approximate surface area is 246 Å². The molecule has 0 spiro atoms. The number of anilines is 1. The van der Waals surface area contributed by atoms with Gasteiger partial charge in [0, 0.05) is 42.5 Å². The molecule has 0 saturated carbocycles. The number of nitrogens with zero attached hydrogens (tertiary/aromatic N) is 1. The Hall–Kier alpha value is -3.66. The number of benzene rings is 4. The highest BCUT2D eigenvalue weighted by Gasteiger charge is 2.13. The first-order chi connectivity index (χ1) is 18.8. The van der Waals surface area contributed by atoms with Gasteiger partial charge in [0.15, 0.2) is 0 Å². The normalized spacial score (nSPS) is 11.0. The summed E-state index contributed by atoms with van der Waals surface area (Å²) in [6, 6.07) is 26.2. The van der Waals surface area contributed by atoms with Gasteiger partial charge in [-0.15, -0.1) is 0 Å². The lowest BCUT2D eigenvalue weighted by molar-refractivity contribution is -0.112. The number of carbonyl (C=O) groups excluding carboxylic acids is 1. The van der Waals surface area contributed by atoms with Crippen LogP contribution in [0.15, 0.2) is 90.5 Å². The molecule has 9 heteroatoms. The molecule has 0 aromatic heterocycles. The second-order valence-corrected chi connectivity index (χ2v) is 9.92. The van der Waals surface area contributed by atoms with Gasteiger partial charge < -0.3 is 14.8 Å². The minimum absolute atomic E-state index is 0.134. The Morgan fingerprint density at radius 3 is 2.18 bits per heavy atom. The molecule has 0 heterocycles. The van der Waals surface area contributed by atoms with E-state index < -0.39 is 5.91 Å². The van der Waals surface area contributed by atoms with E-state index in [1.165, 1.54) is 6.08 Å². The summed E-state index contributed by atoms with van der Waals surface area (Å²) in [5, 5.41) is 14.4. The van der Waals surface area contributed by atoms with Gasteiger partial charge in [0.05, 0.1) is 0 Å². The van der Waals surface area contributed by atoms with Crippen LogP contribution in [0.5, 0.6) is 11.5 Å². The summed E-state index contributed by atoms with van der Waals surface area (Å²) in [7, 11) is 0. The number of carbonyl (C=O) groups is 1. The molecule has 0 atom stereocenters. The van der Waals surface area contributed by atoms with E-state index in [9.17, 15) is 10.1 Å². The zero-order valence-corrected chi connectivity index (χ0v) is 23.3. The van der Waals surface area contributed by atoms with E-state index >= 15 is 0 Å². The number of ether oxygens (including phenoxy) is 2. The number of nitrogens with one attached hydrogen (secondary N) is 1. The van der Waals surface area contributed by atoms with E-state index in [-0.39, 0.29) is 12.2 Å². The fourth-order valence-corrected chi connectivity index (χ4v) is 4.31. The molecule has 4 aromatic carbocycles. The second kappa shape index (κ2) is 13.4. The van der Waals surface area contributed by atoms with E-state index in [4.69, 9.17) is 55.9 Å². The summed E-state index contributed by atoms with van der Waals surface area (Å²) < 4.78 is 11.7. The summed E-state index contributed by atoms with van der Waals surface area (Å²) in [4.78, 5) is 12.9. The van der Waals surface area contributed by atoms with Crippen molar-refractivity contribution in [2.75, 3.05) is 5.32 Å². The monoisotopic (exact) mass is 596 g/mol.